The van der Waals surface area contributed by atoms with E-state index in [9.17, 15) is 9.90 Å². The van der Waals surface area contributed by atoms with Crippen LogP contribution >= 0.6 is 34.4 Å². The summed E-state index contributed by atoms with van der Waals surface area (Å²) in [6.45, 7) is 1.82. The van der Waals surface area contributed by atoms with Crippen LogP contribution in [0.25, 0.3) is 10.2 Å². The molecule has 0 aliphatic heterocycles. The van der Waals surface area contributed by atoms with Gasteiger partial charge in [0.2, 0.25) is 0 Å². The molecule has 0 saturated heterocycles. The van der Waals surface area contributed by atoms with E-state index in [1.165, 1.54) is 22.5 Å². The second-order valence-electron chi connectivity index (χ2n) is 4.09. The van der Waals surface area contributed by atoms with Gasteiger partial charge in [0.25, 0.3) is 0 Å². The summed E-state index contributed by atoms with van der Waals surface area (Å²) in [6.07, 6.45) is 1.50. The molecule has 0 saturated carbocycles. The van der Waals surface area contributed by atoms with Crippen molar-refractivity contribution in [2.75, 3.05) is 0 Å². The Morgan fingerprint density at radius 3 is 3.00 bits per heavy atom. The highest BCUT2D eigenvalue weighted by atomic mass is 32.2. The molecule has 0 fully saturated rings. The van der Waals surface area contributed by atoms with Gasteiger partial charge < -0.3 is 5.11 Å². The molecule has 1 N–H and O–H groups in total. The van der Waals surface area contributed by atoms with Crippen LogP contribution in [0.1, 0.15) is 20.1 Å². The first-order valence-corrected chi connectivity index (χ1v) is 8.47. The molecular weight excluding hydrogens is 312 g/mol. The third-order valence-electron chi connectivity index (χ3n) is 2.82. The van der Waals surface area contributed by atoms with Crippen molar-refractivity contribution < 1.29 is 9.90 Å². The lowest BCUT2D eigenvalue weighted by Crippen LogP contribution is -1.94. The van der Waals surface area contributed by atoms with Gasteiger partial charge in [0.15, 0.2) is 0 Å². The Morgan fingerprint density at radius 2 is 2.30 bits per heavy atom. The third kappa shape index (κ3) is 2.44. The number of hydrogen-bond acceptors (Lipinski definition) is 6. The highest BCUT2D eigenvalue weighted by Gasteiger charge is 2.18. The molecule has 0 aliphatic rings. The minimum Gasteiger partial charge on any atom is -0.477 e. The zero-order valence-corrected chi connectivity index (χ0v) is 12.9. The van der Waals surface area contributed by atoms with Crippen LogP contribution in [0.4, 0.5) is 0 Å². The van der Waals surface area contributed by atoms with Gasteiger partial charge in [-0.15, -0.1) is 34.4 Å². The molecule has 0 bridgehead atoms. The van der Waals surface area contributed by atoms with E-state index in [0.717, 1.165) is 26.6 Å². The summed E-state index contributed by atoms with van der Waals surface area (Å²) in [5.74, 6) is -0.0683. The van der Waals surface area contributed by atoms with Gasteiger partial charge in [-0.2, -0.15) is 0 Å². The van der Waals surface area contributed by atoms with Gasteiger partial charge in [0.1, 0.15) is 21.1 Å². The van der Waals surface area contributed by atoms with Crippen LogP contribution in [-0.4, -0.2) is 21.0 Å². The number of carboxylic acid groups (broad SMARTS) is 1. The zero-order chi connectivity index (χ0) is 14.1. The second-order valence-corrected chi connectivity index (χ2v) is 7.08. The van der Waals surface area contributed by atoms with Gasteiger partial charge in [-0.05, 0) is 23.9 Å². The Kier molecular flexibility index (Phi) is 3.73. The Balaban J connectivity index is 2.00. The third-order valence-corrected chi connectivity index (χ3v) is 6.10. The van der Waals surface area contributed by atoms with E-state index in [2.05, 4.69) is 16.0 Å². The topological polar surface area (TPSA) is 63.1 Å². The molecule has 20 heavy (non-hydrogen) atoms. The van der Waals surface area contributed by atoms with Crippen molar-refractivity contribution in [2.24, 2.45) is 0 Å². The Bertz CT molecular complexity index is 765. The van der Waals surface area contributed by atoms with Crippen LogP contribution in [0, 0.1) is 6.92 Å². The number of rotatable bonds is 4. The summed E-state index contributed by atoms with van der Waals surface area (Å²) in [4.78, 5) is 22.1. The number of carbonyl (C=O) groups is 1. The molecular formula is C13H10N2O2S3. The first-order valence-electron chi connectivity index (χ1n) is 5.79. The molecule has 0 aliphatic carbocycles. The predicted molar refractivity (Wildman–Crippen MR) is 83.0 cm³/mol. The van der Waals surface area contributed by atoms with E-state index in [-0.39, 0.29) is 0 Å². The van der Waals surface area contributed by atoms with Gasteiger partial charge in [-0.3, -0.25) is 0 Å². The number of thioether (sulfide) groups is 1. The lowest BCUT2D eigenvalue weighted by Gasteiger charge is -2.01. The lowest BCUT2D eigenvalue weighted by atomic mass is 10.2. The van der Waals surface area contributed by atoms with Gasteiger partial charge in [-0.1, -0.05) is 6.07 Å². The molecule has 102 valence electrons. The average Bonchev–Trinajstić information content (AvgIpc) is 3.05. The first kappa shape index (κ1) is 13.5. The van der Waals surface area contributed by atoms with E-state index in [0.29, 0.717) is 4.88 Å². The summed E-state index contributed by atoms with van der Waals surface area (Å²) in [6, 6.07) is 4.10. The van der Waals surface area contributed by atoms with Crippen LogP contribution in [0.15, 0.2) is 28.9 Å². The molecule has 3 aromatic heterocycles. The first-order chi connectivity index (χ1) is 9.66. The minimum absolute atomic E-state index is 0.346. The molecule has 7 heteroatoms. The number of carboxylic acids is 1. The quantitative estimate of drug-likeness (QED) is 0.580. The maximum Gasteiger partial charge on any atom is 0.346 e. The summed E-state index contributed by atoms with van der Waals surface area (Å²) < 4.78 is 0. The summed E-state index contributed by atoms with van der Waals surface area (Å²) in [7, 11) is 0. The van der Waals surface area contributed by atoms with Crippen LogP contribution in [0.5, 0.6) is 0 Å². The van der Waals surface area contributed by atoms with Gasteiger partial charge in [0.05, 0.1) is 0 Å². The van der Waals surface area contributed by atoms with Crippen molar-refractivity contribution in [2.45, 2.75) is 17.7 Å². The summed E-state index contributed by atoms with van der Waals surface area (Å²) in [5, 5.41) is 13.0. The van der Waals surface area contributed by atoms with E-state index in [1.54, 1.807) is 23.1 Å². The Labute approximate surface area is 127 Å². The molecule has 3 aromatic rings. The highest BCUT2D eigenvalue weighted by Crippen LogP contribution is 2.36. The Hall–Kier alpha value is -1.44. The number of fused-ring (bicyclic) bond motifs is 1. The van der Waals surface area contributed by atoms with Gasteiger partial charge in [0, 0.05) is 16.0 Å². The predicted octanol–water partition coefficient (Wildman–Crippen LogP) is 4.05. The maximum atomic E-state index is 11.2. The summed E-state index contributed by atoms with van der Waals surface area (Å²) in [5.41, 5.74) is 0.756. The van der Waals surface area contributed by atoms with Gasteiger partial charge >= 0.3 is 5.97 Å². The fraction of sp³-hybridized carbons (Fsp3) is 0.154. The molecule has 3 rings (SSSR count). The van der Waals surface area contributed by atoms with Crippen molar-refractivity contribution in [3.8, 4) is 0 Å². The number of aryl methyl sites for hydroxylation is 1. The number of aromatic carboxylic acids is 1. The molecule has 3 heterocycles. The van der Waals surface area contributed by atoms with Crippen molar-refractivity contribution in [3.05, 3.63) is 39.2 Å². The van der Waals surface area contributed by atoms with Gasteiger partial charge in [-0.25, -0.2) is 14.8 Å². The van der Waals surface area contributed by atoms with Crippen LogP contribution in [0.3, 0.4) is 0 Å². The lowest BCUT2D eigenvalue weighted by molar-refractivity contribution is 0.0701. The smallest absolute Gasteiger partial charge is 0.346 e. The monoisotopic (exact) mass is 322 g/mol. The molecule has 0 unspecified atom stereocenters. The second kappa shape index (κ2) is 5.51. The van der Waals surface area contributed by atoms with Crippen molar-refractivity contribution in [1.29, 1.82) is 0 Å². The molecule has 0 spiro atoms. The van der Waals surface area contributed by atoms with Crippen molar-refractivity contribution in [3.63, 3.8) is 0 Å². The molecule has 4 nitrogen and oxygen atoms in total. The fourth-order valence-corrected chi connectivity index (χ4v) is 4.77. The maximum absolute atomic E-state index is 11.2. The van der Waals surface area contributed by atoms with E-state index >= 15 is 0 Å². The fourth-order valence-electron chi connectivity index (χ4n) is 1.89. The SMILES string of the molecule is Cc1c(C(=O)O)sc2ncnc(SCc3cccs3)c12. The minimum atomic E-state index is -0.903. The largest absolute Gasteiger partial charge is 0.477 e. The van der Waals surface area contributed by atoms with Crippen molar-refractivity contribution in [1.82, 2.24) is 9.97 Å². The van der Waals surface area contributed by atoms with Crippen LogP contribution in [0.2, 0.25) is 0 Å². The van der Waals surface area contributed by atoms with Crippen molar-refractivity contribution >= 4 is 50.6 Å². The Morgan fingerprint density at radius 1 is 1.45 bits per heavy atom. The molecule has 0 amide bonds. The zero-order valence-electron chi connectivity index (χ0n) is 10.5. The molecule has 0 atom stereocenters. The average molecular weight is 322 g/mol. The standard InChI is InChI=1S/C13H10N2O2S3/c1-7-9-11(19-5-8-3-2-4-18-8)14-6-15-12(9)20-10(7)13(16)17/h2-4,6H,5H2,1H3,(H,16,17). The molecule has 0 aromatic carbocycles. The number of hydrogen-bond donors (Lipinski definition) is 1. The number of thiophene rings is 2. The van der Waals surface area contributed by atoms with E-state index in [4.69, 9.17) is 0 Å². The van der Waals surface area contributed by atoms with Crippen LogP contribution < -0.4 is 0 Å². The molecule has 0 radical (unpaired) electrons. The summed E-state index contributed by atoms with van der Waals surface area (Å²) >= 11 is 4.53. The van der Waals surface area contributed by atoms with E-state index in [1.807, 2.05) is 18.4 Å². The van der Waals surface area contributed by atoms with Crippen LogP contribution in [-0.2, 0) is 5.75 Å². The highest BCUT2D eigenvalue weighted by molar-refractivity contribution is 7.98. The number of aromatic nitrogens is 2. The van der Waals surface area contributed by atoms with E-state index < -0.39 is 5.97 Å². The normalized spacial score (nSPS) is 11.1. The number of nitrogens with zero attached hydrogens (tertiary/aromatic N) is 2.